The van der Waals surface area contributed by atoms with Crippen molar-refractivity contribution < 1.29 is 8.78 Å². The first-order valence-corrected chi connectivity index (χ1v) is 9.53. The van der Waals surface area contributed by atoms with Crippen LogP contribution < -0.4 is 0 Å². The first kappa shape index (κ1) is 19.7. The fourth-order valence-corrected chi connectivity index (χ4v) is 4.10. The Morgan fingerprint density at radius 3 is 1.86 bits per heavy atom. The smallest absolute Gasteiger partial charge is 0.125 e. The lowest BCUT2D eigenvalue weighted by Crippen LogP contribution is -1.82. The van der Waals surface area contributed by atoms with Crippen LogP contribution in [0.3, 0.4) is 0 Å². The molecule has 21 heavy (non-hydrogen) atoms. The van der Waals surface area contributed by atoms with Gasteiger partial charge in [0.2, 0.25) is 0 Å². The molecule has 0 unspecified atom stereocenters. The third kappa shape index (κ3) is 6.01. The third-order valence-corrected chi connectivity index (χ3v) is 6.66. The van der Waals surface area contributed by atoms with Crippen LogP contribution in [0, 0.1) is 12.7 Å². The molecule has 7 heteroatoms. The summed E-state index contributed by atoms with van der Waals surface area (Å²) < 4.78 is 28.9. The maximum Gasteiger partial charge on any atom is 0.125 e. The number of hydrogen-bond donors (Lipinski definition) is 0. The van der Waals surface area contributed by atoms with Crippen molar-refractivity contribution in [2.24, 2.45) is 0 Å². The van der Waals surface area contributed by atoms with Crippen molar-refractivity contribution in [2.45, 2.75) is 13.6 Å². The van der Waals surface area contributed by atoms with Gasteiger partial charge in [-0.2, -0.15) is 0 Å². The van der Waals surface area contributed by atoms with E-state index in [1.807, 2.05) is 13.0 Å². The molecule has 0 bridgehead atoms. The second-order valence-corrected chi connectivity index (χ2v) is 8.26. The zero-order valence-corrected chi connectivity index (χ0v) is 18.6. The van der Waals surface area contributed by atoms with E-state index in [2.05, 4.69) is 79.6 Å². The highest BCUT2D eigenvalue weighted by molar-refractivity contribution is 9.13. The van der Waals surface area contributed by atoms with E-state index in [0.717, 1.165) is 27.9 Å². The molecule has 0 aliphatic rings. The molecule has 0 heterocycles. The summed E-state index contributed by atoms with van der Waals surface area (Å²) in [5.74, 6) is -0.232. The molecule has 0 radical (unpaired) electrons. The van der Waals surface area contributed by atoms with Crippen molar-refractivity contribution in [3.63, 3.8) is 0 Å². The molecule has 0 saturated carbocycles. The van der Waals surface area contributed by atoms with Crippen molar-refractivity contribution >= 4 is 79.6 Å². The predicted octanol–water partition coefficient (Wildman–Crippen LogP) is 8.10. The van der Waals surface area contributed by atoms with E-state index in [1.54, 1.807) is 6.07 Å². The molecule has 0 aliphatic carbocycles. The summed E-state index contributed by atoms with van der Waals surface area (Å²) in [4.78, 5) is 0. The number of alkyl halides is 1. The summed E-state index contributed by atoms with van der Waals surface area (Å²) in [6.45, 7) is 1.45. The summed E-state index contributed by atoms with van der Waals surface area (Å²) in [5, 5.41) is 0. The van der Waals surface area contributed by atoms with Crippen molar-refractivity contribution in [3.8, 4) is 0 Å². The van der Waals surface area contributed by atoms with E-state index in [0.29, 0.717) is 5.56 Å². The van der Waals surface area contributed by atoms with E-state index in [-0.39, 0.29) is 5.82 Å². The Labute approximate surface area is 164 Å². The summed E-state index contributed by atoms with van der Waals surface area (Å²) in [7, 11) is 0. The minimum absolute atomic E-state index is 0.232. The predicted molar refractivity (Wildman–Crippen MR) is 101 cm³/mol. The standard InChI is InChI=1S/C7H4Br3F.C7H5Br2F/c8-5-1-4(3-11)7(10)6(9)2-5;1-4-6(8)2-5(10)3-7(4)9/h1-2H,3H2;2-3H,1H3. The van der Waals surface area contributed by atoms with Gasteiger partial charge in [0.15, 0.2) is 0 Å². The molecule has 0 aliphatic heterocycles. The van der Waals surface area contributed by atoms with Gasteiger partial charge in [0.25, 0.3) is 0 Å². The largest absolute Gasteiger partial charge is 0.246 e. The quantitative estimate of drug-likeness (QED) is 0.285. The minimum Gasteiger partial charge on any atom is -0.246 e. The summed E-state index contributed by atoms with van der Waals surface area (Å²) in [6.07, 6.45) is 0. The number of benzene rings is 2. The Morgan fingerprint density at radius 2 is 1.38 bits per heavy atom. The molecule has 0 saturated heterocycles. The van der Waals surface area contributed by atoms with Crippen LogP contribution >= 0.6 is 79.6 Å². The van der Waals surface area contributed by atoms with Gasteiger partial charge in [0.1, 0.15) is 12.5 Å². The highest BCUT2D eigenvalue weighted by Crippen LogP contribution is 2.31. The molecule has 0 aromatic heterocycles. The average Bonchev–Trinajstić information content (AvgIpc) is 2.40. The Balaban J connectivity index is 0.000000211. The van der Waals surface area contributed by atoms with Gasteiger partial charge in [-0.3, -0.25) is 0 Å². The molecule has 0 nitrogen and oxygen atoms in total. The molecule has 114 valence electrons. The molecular formula is C14H9Br5F2. The number of hydrogen-bond acceptors (Lipinski definition) is 0. The van der Waals surface area contributed by atoms with Crippen molar-refractivity contribution in [1.29, 1.82) is 0 Å². The lowest BCUT2D eigenvalue weighted by atomic mass is 10.2. The number of halogens is 7. The lowest BCUT2D eigenvalue weighted by molar-refractivity contribution is 0.483. The molecule has 2 rings (SSSR count). The van der Waals surface area contributed by atoms with Crippen LogP contribution in [0.5, 0.6) is 0 Å². The van der Waals surface area contributed by atoms with Gasteiger partial charge >= 0.3 is 0 Å². The van der Waals surface area contributed by atoms with Gasteiger partial charge in [0.05, 0.1) is 0 Å². The van der Waals surface area contributed by atoms with Crippen molar-refractivity contribution in [2.75, 3.05) is 0 Å². The molecule has 0 fully saturated rings. The van der Waals surface area contributed by atoms with Crippen LogP contribution in [0.1, 0.15) is 11.1 Å². The van der Waals surface area contributed by atoms with E-state index in [9.17, 15) is 8.78 Å². The average molecular weight is 615 g/mol. The van der Waals surface area contributed by atoms with Crippen LogP contribution in [-0.2, 0) is 6.67 Å². The van der Waals surface area contributed by atoms with Crippen LogP contribution in [0.2, 0.25) is 0 Å². The molecule has 0 spiro atoms. The Morgan fingerprint density at radius 1 is 0.857 bits per heavy atom. The molecule has 0 amide bonds. The highest BCUT2D eigenvalue weighted by Gasteiger charge is 2.04. The number of rotatable bonds is 1. The molecule has 0 N–H and O–H groups in total. The Hall–Kier alpha value is 0.700. The maximum atomic E-state index is 12.5. The van der Waals surface area contributed by atoms with Crippen LogP contribution in [0.4, 0.5) is 8.78 Å². The SMILES string of the molecule is Cc1c(Br)cc(F)cc1Br.FCc1cc(Br)cc(Br)c1Br. The van der Waals surface area contributed by atoms with E-state index < -0.39 is 6.67 Å². The van der Waals surface area contributed by atoms with Gasteiger partial charge in [-0.05, 0) is 74.2 Å². The van der Waals surface area contributed by atoms with Gasteiger partial charge in [0, 0.05) is 22.4 Å². The van der Waals surface area contributed by atoms with Crippen molar-refractivity contribution in [3.05, 3.63) is 63.6 Å². The van der Waals surface area contributed by atoms with Gasteiger partial charge in [-0.1, -0.05) is 47.8 Å². The Kier molecular flexibility index (Phi) is 8.56. The molecular weight excluding hydrogens is 606 g/mol. The fraction of sp³-hybridized carbons (Fsp3) is 0.143. The Bertz CT molecular complexity index is 620. The topological polar surface area (TPSA) is 0 Å². The second-order valence-electron chi connectivity index (χ2n) is 3.99. The second kappa shape index (κ2) is 9.11. The molecule has 2 aromatic rings. The van der Waals surface area contributed by atoms with Crippen LogP contribution in [0.25, 0.3) is 0 Å². The van der Waals surface area contributed by atoms with Crippen LogP contribution in [0.15, 0.2) is 46.6 Å². The minimum atomic E-state index is -0.460. The van der Waals surface area contributed by atoms with Crippen molar-refractivity contribution in [1.82, 2.24) is 0 Å². The summed E-state index contributed by atoms with van der Waals surface area (Å²) >= 11 is 16.3. The third-order valence-electron chi connectivity index (χ3n) is 2.46. The summed E-state index contributed by atoms with van der Waals surface area (Å²) in [5.41, 5.74) is 1.66. The van der Waals surface area contributed by atoms with Crippen LogP contribution in [-0.4, -0.2) is 0 Å². The summed E-state index contributed by atoms with van der Waals surface area (Å²) in [6, 6.07) is 6.50. The van der Waals surface area contributed by atoms with E-state index in [1.165, 1.54) is 12.1 Å². The molecule has 0 atom stereocenters. The first-order chi connectivity index (χ1) is 9.76. The molecule has 2 aromatic carbocycles. The van der Waals surface area contributed by atoms with E-state index in [4.69, 9.17) is 0 Å². The van der Waals surface area contributed by atoms with E-state index >= 15 is 0 Å². The zero-order valence-electron chi connectivity index (χ0n) is 10.7. The maximum absolute atomic E-state index is 12.5. The fourth-order valence-electron chi connectivity index (χ4n) is 1.32. The van der Waals surface area contributed by atoms with Gasteiger partial charge < -0.3 is 0 Å². The van der Waals surface area contributed by atoms with Gasteiger partial charge in [-0.15, -0.1) is 0 Å². The monoisotopic (exact) mass is 610 g/mol. The highest BCUT2D eigenvalue weighted by atomic mass is 79.9. The normalized spacial score (nSPS) is 10.1. The van der Waals surface area contributed by atoms with Gasteiger partial charge in [-0.25, -0.2) is 8.78 Å². The lowest BCUT2D eigenvalue weighted by Gasteiger charge is -2.02. The zero-order chi connectivity index (χ0) is 16.2. The first-order valence-electron chi connectivity index (χ1n) is 5.56.